The average molecular weight is 388 g/mol. The van der Waals surface area contributed by atoms with Gasteiger partial charge in [-0.2, -0.15) is 52.7 Å². The van der Waals surface area contributed by atoms with Crippen LogP contribution in [-0.4, -0.2) is 46.1 Å². The van der Waals surface area contributed by atoms with Crippen LogP contribution < -0.4 is 0 Å². The van der Waals surface area contributed by atoms with Gasteiger partial charge in [0.05, 0.1) is 0 Å². The minimum Gasteiger partial charge on any atom is -0.373 e. The first-order valence-corrected chi connectivity index (χ1v) is 5.57. The van der Waals surface area contributed by atoms with Crippen LogP contribution in [-0.2, 0) is 0 Å². The molecule has 0 heterocycles. The van der Waals surface area contributed by atoms with E-state index in [0.29, 0.717) is 0 Å². The van der Waals surface area contributed by atoms with Gasteiger partial charge in [0, 0.05) is 12.8 Å². The third-order valence-corrected chi connectivity index (χ3v) is 2.87. The van der Waals surface area contributed by atoms with Gasteiger partial charge >= 0.3 is 24.7 Å². The summed E-state index contributed by atoms with van der Waals surface area (Å²) in [5.74, 6) is 0. The minimum atomic E-state index is -6.29. The van der Waals surface area contributed by atoms with Gasteiger partial charge in [0.2, 0.25) is 0 Å². The molecular formula is C10H8F12O2. The van der Waals surface area contributed by atoms with E-state index in [4.69, 9.17) is 10.2 Å². The second kappa shape index (κ2) is 6.28. The molecule has 0 unspecified atom stereocenters. The van der Waals surface area contributed by atoms with Crippen LogP contribution in [0.3, 0.4) is 0 Å². The van der Waals surface area contributed by atoms with Gasteiger partial charge in [-0.25, -0.2) is 0 Å². The SMILES string of the molecule is OC(C/C=C/CC(O)(C(F)(F)F)C(F)(F)F)(C(F)(F)F)C(F)(F)F. The van der Waals surface area contributed by atoms with Gasteiger partial charge in [-0.3, -0.25) is 0 Å². The second-order valence-electron chi connectivity index (χ2n) is 4.59. The summed E-state index contributed by atoms with van der Waals surface area (Å²) < 4.78 is 147. The fraction of sp³-hybridized carbons (Fsp3) is 0.800. The maximum Gasteiger partial charge on any atom is 0.426 e. The summed E-state index contributed by atoms with van der Waals surface area (Å²) in [6.45, 7) is 0. The fourth-order valence-electron chi connectivity index (χ4n) is 1.29. The van der Waals surface area contributed by atoms with Gasteiger partial charge in [0.15, 0.2) is 0 Å². The molecule has 0 fully saturated rings. The standard InChI is InChI=1S/C10H8F12O2/c11-7(12,13)5(23,8(14,15)16)3-1-2-4-6(24,9(17,18)19)10(20,21)22/h1-2,23-24H,3-4H2/b2-1+. The van der Waals surface area contributed by atoms with Crippen molar-refractivity contribution in [1.29, 1.82) is 0 Å². The molecule has 0 aliphatic carbocycles. The summed E-state index contributed by atoms with van der Waals surface area (Å²) in [5, 5.41) is 17.3. The molecule has 0 aliphatic heterocycles. The molecule has 0 amide bonds. The second-order valence-corrected chi connectivity index (χ2v) is 4.59. The highest BCUT2D eigenvalue weighted by atomic mass is 19.4. The summed E-state index contributed by atoms with van der Waals surface area (Å²) >= 11 is 0. The van der Waals surface area contributed by atoms with Gasteiger partial charge in [-0.05, 0) is 0 Å². The van der Waals surface area contributed by atoms with Crippen LogP contribution in [0.1, 0.15) is 12.8 Å². The fourth-order valence-corrected chi connectivity index (χ4v) is 1.29. The Morgan fingerprint density at radius 2 is 0.625 bits per heavy atom. The van der Waals surface area contributed by atoms with E-state index in [1.807, 2.05) is 0 Å². The van der Waals surface area contributed by atoms with E-state index in [1.165, 1.54) is 0 Å². The smallest absolute Gasteiger partial charge is 0.373 e. The van der Waals surface area contributed by atoms with Crippen molar-refractivity contribution in [2.24, 2.45) is 0 Å². The monoisotopic (exact) mass is 388 g/mol. The maximum absolute atomic E-state index is 12.2. The Morgan fingerprint density at radius 1 is 0.458 bits per heavy atom. The van der Waals surface area contributed by atoms with E-state index in [9.17, 15) is 52.7 Å². The zero-order valence-electron chi connectivity index (χ0n) is 11.0. The predicted molar refractivity (Wildman–Crippen MR) is 52.5 cm³/mol. The third kappa shape index (κ3) is 4.26. The lowest BCUT2D eigenvalue weighted by Crippen LogP contribution is -2.57. The van der Waals surface area contributed by atoms with Gasteiger partial charge in [-0.1, -0.05) is 12.2 Å². The molecule has 24 heavy (non-hydrogen) atoms. The van der Waals surface area contributed by atoms with E-state index in [2.05, 4.69) is 0 Å². The number of hydrogen-bond donors (Lipinski definition) is 2. The van der Waals surface area contributed by atoms with Crippen molar-refractivity contribution >= 4 is 0 Å². The Morgan fingerprint density at radius 3 is 0.750 bits per heavy atom. The zero-order chi connectivity index (χ0) is 19.8. The number of rotatable bonds is 4. The molecule has 0 radical (unpaired) electrons. The lowest BCUT2D eigenvalue weighted by atomic mass is 9.94. The van der Waals surface area contributed by atoms with Crippen LogP contribution in [0.5, 0.6) is 0 Å². The Balaban J connectivity index is 5.43. The Hall–Kier alpha value is -1.18. The first-order chi connectivity index (χ1) is 10.2. The van der Waals surface area contributed by atoms with Crippen LogP contribution in [0.25, 0.3) is 0 Å². The summed E-state index contributed by atoms with van der Waals surface area (Å²) in [7, 11) is 0. The van der Waals surface area contributed by atoms with E-state index in [1.54, 1.807) is 0 Å². The van der Waals surface area contributed by atoms with Crippen molar-refractivity contribution in [3.05, 3.63) is 12.2 Å². The summed E-state index contributed by atoms with van der Waals surface area (Å²) in [6.07, 6.45) is -30.7. The van der Waals surface area contributed by atoms with Gasteiger partial charge < -0.3 is 10.2 Å². The van der Waals surface area contributed by atoms with Crippen LogP contribution >= 0.6 is 0 Å². The molecule has 0 atom stereocenters. The number of hydrogen-bond acceptors (Lipinski definition) is 2. The van der Waals surface area contributed by atoms with Crippen molar-refractivity contribution in [2.75, 3.05) is 0 Å². The van der Waals surface area contributed by atoms with Crippen LogP contribution in [0.2, 0.25) is 0 Å². The van der Waals surface area contributed by atoms with Crippen LogP contribution in [0, 0.1) is 0 Å². The average Bonchev–Trinajstić information content (AvgIpc) is 2.28. The Bertz CT molecular complexity index is 382. The first-order valence-electron chi connectivity index (χ1n) is 5.57. The predicted octanol–water partition coefficient (Wildman–Crippen LogP) is 4.03. The molecule has 144 valence electrons. The first kappa shape index (κ1) is 22.8. The molecule has 0 rings (SSSR count). The lowest BCUT2D eigenvalue weighted by Gasteiger charge is -2.32. The Kier molecular flexibility index (Phi) is 5.97. The molecule has 0 aromatic heterocycles. The molecule has 0 spiro atoms. The third-order valence-electron chi connectivity index (χ3n) is 2.87. The van der Waals surface area contributed by atoms with E-state index >= 15 is 0 Å². The van der Waals surface area contributed by atoms with Crippen molar-refractivity contribution in [3.63, 3.8) is 0 Å². The molecule has 0 aromatic carbocycles. The van der Waals surface area contributed by atoms with Gasteiger partial charge in [-0.15, -0.1) is 0 Å². The molecule has 14 heteroatoms. The molecule has 0 aliphatic rings. The summed E-state index contributed by atoms with van der Waals surface area (Å²) in [5.41, 5.74) is -10.7. The number of alkyl halides is 12. The van der Waals surface area contributed by atoms with E-state index < -0.39 is 48.7 Å². The number of aliphatic hydroxyl groups is 2. The molecule has 2 N–H and O–H groups in total. The van der Waals surface area contributed by atoms with Crippen LogP contribution in [0.4, 0.5) is 52.7 Å². The molecule has 0 aromatic rings. The quantitative estimate of drug-likeness (QED) is 0.564. The van der Waals surface area contributed by atoms with E-state index in [0.717, 1.165) is 0 Å². The summed E-state index contributed by atoms with van der Waals surface area (Å²) in [4.78, 5) is 0. The Labute approximate surface area is 125 Å². The number of halogens is 12. The highest BCUT2D eigenvalue weighted by molar-refractivity contribution is 5.05. The van der Waals surface area contributed by atoms with Crippen molar-refractivity contribution in [1.82, 2.24) is 0 Å². The van der Waals surface area contributed by atoms with Crippen molar-refractivity contribution in [2.45, 2.75) is 48.7 Å². The summed E-state index contributed by atoms with van der Waals surface area (Å²) in [6, 6.07) is 0. The maximum atomic E-state index is 12.2. The van der Waals surface area contributed by atoms with Gasteiger partial charge in [0.25, 0.3) is 11.2 Å². The van der Waals surface area contributed by atoms with Crippen molar-refractivity contribution in [3.8, 4) is 0 Å². The van der Waals surface area contributed by atoms with Crippen molar-refractivity contribution < 1.29 is 62.9 Å². The van der Waals surface area contributed by atoms with E-state index in [-0.39, 0.29) is 12.2 Å². The lowest BCUT2D eigenvalue weighted by molar-refractivity contribution is -0.368. The largest absolute Gasteiger partial charge is 0.426 e. The molecule has 0 saturated heterocycles. The molecule has 0 saturated carbocycles. The molecule has 0 bridgehead atoms. The normalized spacial score (nSPS) is 16.1. The molecular weight excluding hydrogens is 380 g/mol. The molecule has 2 nitrogen and oxygen atoms in total. The van der Waals surface area contributed by atoms with Crippen LogP contribution in [0.15, 0.2) is 12.2 Å². The topological polar surface area (TPSA) is 40.5 Å². The highest BCUT2D eigenvalue weighted by Gasteiger charge is 2.70. The van der Waals surface area contributed by atoms with Gasteiger partial charge in [0.1, 0.15) is 0 Å². The zero-order valence-corrected chi connectivity index (χ0v) is 11.0. The highest BCUT2D eigenvalue weighted by Crippen LogP contribution is 2.47. The minimum absolute atomic E-state index is 0.385.